The first-order valence-electron chi connectivity index (χ1n) is 8.34. The van der Waals surface area contributed by atoms with Gasteiger partial charge < -0.3 is 10.1 Å². The van der Waals surface area contributed by atoms with Crippen molar-refractivity contribution in [3.05, 3.63) is 30.3 Å². The summed E-state index contributed by atoms with van der Waals surface area (Å²) in [5, 5.41) is 3.72. The van der Waals surface area contributed by atoms with Crippen LogP contribution in [-0.2, 0) is 0 Å². The SMILES string of the molecule is CCCC1CN(CCOc2ccccc2)C(C)(CC)CN1. The Balaban J connectivity index is 1.87. The van der Waals surface area contributed by atoms with E-state index in [9.17, 15) is 0 Å². The van der Waals surface area contributed by atoms with E-state index in [1.165, 1.54) is 19.3 Å². The molecule has 2 atom stereocenters. The summed E-state index contributed by atoms with van der Waals surface area (Å²) in [4.78, 5) is 2.62. The molecule has 0 aromatic heterocycles. The fraction of sp³-hybridized carbons (Fsp3) is 0.667. The van der Waals surface area contributed by atoms with Crippen LogP contribution < -0.4 is 10.1 Å². The fourth-order valence-electron chi connectivity index (χ4n) is 3.07. The molecule has 1 aliphatic rings. The second-order valence-corrected chi connectivity index (χ2v) is 6.32. The number of hydrogen-bond acceptors (Lipinski definition) is 3. The average molecular weight is 290 g/mol. The molecule has 0 saturated carbocycles. The molecule has 21 heavy (non-hydrogen) atoms. The summed E-state index contributed by atoms with van der Waals surface area (Å²) >= 11 is 0. The zero-order chi connectivity index (χ0) is 15.1. The van der Waals surface area contributed by atoms with Gasteiger partial charge in [-0.15, -0.1) is 0 Å². The molecule has 1 fully saturated rings. The smallest absolute Gasteiger partial charge is 0.119 e. The van der Waals surface area contributed by atoms with E-state index >= 15 is 0 Å². The van der Waals surface area contributed by atoms with Gasteiger partial charge in [0.25, 0.3) is 0 Å². The summed E-state index contributed by atoms with van der Waals surface area (Å²) in [6, 6.07) is 10.7. The number of nitrogens with one attached hydrogen (secondary N) is 1. The lowest BCUT2D eigenvalue weighted by atomic mass is 9.91. The van der Waals surface area contributed by atoms with Gasteiger partial charge in [0.1, 0.15) is 12.4 Å². The Morgan fingerprint density at radius 1 is 1.29 bits per heavy atom. The van der Waals surface area contributed by atoms with Crippen molar-refractivity contribution in [2.45, 2.75) is 51.6 Å². The van der Waals surface area contributed by atoms with Crippen LogP contribution in [-0.4, -0.2) is 42.7 Å². The zero-order valence-corrected chi connectivity index (χ0v) is 13.8. The van der Waals surface area contributed by atoms with Crippen LogP contribution in [0.15, 0.2) is 30.3 Å². The molecule has 0 bridgehead atoms. The van der Waals surface area contributed by atoms with Gasteiger partial charge in [-0.1, -0.05) is 38.5 Å². The van der Waals surface area contributed by atoms with E-state index in [-0.39, 0.29) is 5.54 Å². The number of benzene rings is 1. The molecule has 1 aliphatic heterocycles. The van der Waals surface area contributed by atoms with E-state index in [0.717, 1.165) is 32.0 Å². The number of ether oxygens (including phenoxy) is 1. The van der Waals surface area contributed by atoms with Crippen molar-refractivity contribution in [1.29, 1.82) is 0 Å². The molecule has 3 nitrogen and oxygen atoms in total. The lowest BCUT2D eigenvalue weighted by molar-refractivity contribution is 0.0357. The number of nitrogens with zero attached hydrogens (tertiary/aromatic N) is 1. The van der Waals surface area contributed by atoms with E-state index in [2.05, 4.69) is 31.0 Å². The molecule has 1 N–H and O–H groups in total. The second kappa shape index (κ2) is 7.81. The van der Waals surface area contributed by atoms with Crippen molar-refractivity contribution >= 4 is 0 Å². The van der Waals surface area contributed by atoms with E-state index in [4.69, 9.17) is 4.74 Å². The minimum absolute atomic E-state index is 0.254. The molecule has 118 valence electrons. The largest absolute Gasteiger partial charge is 0.492 e. The van der Waals surface area contributed by atoms with Crippen LogP contribution in [0.3, 0.4) is 0 Å². The summed E-state index contributed by atoms with van der Waals surface area (Å²) in [6.45, 7) is 10.9. The van der Waals surface area contributed by atoms with E-state index < -0.39 is 0 Å². The molecule has 1 aromatic rings. The highest BCUT2D eigenvalue weighted by molar-refractivity contribution is 5.20. The molecule has 3 heteroatoms. The predicted octanol–water partition coefficient (Wildman–Crippen LogP) is 3.31. The third-order valence-corrected chi connectivity index (χ3v) is 4.75. The van der Waals surface area contributed by atoms with Gasteiger partial charge in [-0.2, -0.15) is 0 Å². The van der Waals surface area contributed by atoms with Crippen molar-refractivity contribution < 1.29 is 4.74 Å². The van der Waals surface area contributed by atoms with Crippen molar-refractivity contribution in [3.63, 3.8) is 0 Å². The third-order valence-electron chi connectivity index (χ3n) is 4.75. The van der Waals surface area contributed by atoms with Crippen molar-refractivity contribution in [3.8, 4) is 5.75 Å². The molecular weight excluding hydrogens is 260 g/mol. The van der Waals surface area contributed by atoms with Crippen molar-refractivity contribution in [2.24, 2.45) is 0 Å². The van der Waals surface area contributed by atoms with Crippen molar-refractivity contribution in [1.82, 2.24) is 10.2 Å². The third kappa shape index (κ3) is 4.45. The maximum absolute atomic E-state index is 5.88. The normalized spacial score (nSPS) is 26.7. The number of para-hydroxylation sites is 1. The van der Waals surface area contributed by atoms with Gasteiger partial charge >= 0.3 is 0 Å². The Morgan fingerprint density at radius 3 is 2.71 bits per heavy atom. The molecule has 0 radical (unpaired) electrons. The van der Waals surface area contributed by atoms with Gasteiger partial charge in [0.05, 0.1) is 0 Å². The topological polar surface area (TPSA) is 24.5 Å². The first-order valence-corrected chi connectivity index (χ1v) is 8.34. The monoisotopic (exact) mass is 290 g/mol. The zero-order valence-electron chi connectivity index (χ0n) is 13.8. The average Bonchev–Trinajstić information content (AvgIpc) is 2.52. The van der Waals surface area contributed by atoms with Crippen LogP contribution in [0.25, 0.3) is 0 Å². The van der Waals surface area contributed by atoms with Gasteiger partial charge in [-0.05, 0) is 31.9 Å². The number of hydrogen-bond donors (Lipinski definition) is 1. The molecular formula is C18H30N2O. The maximum Gasteiger partial charge on any atom is 0.119 e. The fourth-order valence-corrected chi connectivity index (χ4v) is 3.07. The Hall–Kier alpha value is -1.06. The Labute approximate surface area is 129 Å². The summed E-state index contributed by atoms with van der Waals surface area (Å²) in [6.07, 6.45) is 3.68. The quantitative estimate of drug-likeness (QED) is 0.834. The Morgan fingerprint density at radius 2 is 2.05 bits per heavy atom. The van der Waals surface area contributed by atoms with Crippen LogP contribution >= 0.6 is 0 Å². The summed E-state index contributed by atoms with van der Waals surface area (Å²) in [7, 11) is 0. The van der Waals surface area contributed by atoms with Crippen LogP contribution in [0.4, 0.5) is 0 Å². The first kappa shape index (κ1) is 16.3. The molecule has 2 rings (SSSR count). The molecule has 0 aliphatic carbocycles. The maximum atomic E-state index is 5.88. The molecule has 1 saturated heterocycles. The second-order valence-electron chi connectivity index (χ2n) is 6.32. The molecule has 0 spiro atoms. The van der Waals surface area contributed by atoms with Gasteiger partial charge in [0.2, 0.25) is 0 Å². The Bertz CT molecular complexity index is 409. The highest BCUT2D eigenvalue weighted by Crippen LogP contribution is 2.23. The lowest BCUT2D eigenvalue weighted by Crippen LogP contribution is -2.63. The predicted molar refractivity (Wildman–Crippen MR) is 88.9 cm³/mol. The highest BCUT2D eigenvalue weighted by Gasteiger charge is 2.35. The minimum atomic E-state index is 0.254. The molecule has 1 heterocycles. The van der Waals surface area contributed by atoms with Crippen LogP contribution in [0.1, 0.15) is 40.0 Å². The van der Waals surface area contributed by atoms with Gasteiger partial charge in [0, 0.05) is 31.2 Å². The lowest BCUT2D eigenvalue weighted by Gasteiger charge is -2.48. The first-order chi connectivity index (χ1) is 10.2. The van der Waals surface area contributed by atoms with Crippen LogP contribution in [0.2, 0.25) is 0 Å². The van der Waals surface area contributed by atoms with Gasteiger partial charge in [0.15, 0.2) is 0 Å². The Kier molecular flexibility index (Phi) is 6.07. The van der Waals surface area contributed by atoms with E-state index in [1.54, 1.807) is 0 Å². The molecule has 1 aromatic carbocycles. The summed E-state index contributed by atoms with van der Waals surface area (Å²) < 4.78 is 5.88. The van der Waals surface area contributed by atoms with Crippen LogP contribution in [0.5, 0.6) is 5.75 Å². The number of piperazine rings is 1. The van der Waals surface area contributed by atoms with Crippen molar-refractivity contribution in [2.75, 3.05) is 26.2 Å². The highest BCUT2D eigenvalue weighted by atomic mass is 16.5. The molecule has 2 unspecified atom stereocenters. The summed E-state index contributed by atoms with van der Waals surface area (Å²) in [5.41, 5.74) is 0.254. The van der Waals surface area contributed by atoms with Crippen LogP contribution in [0, 0.1) is 0 Å². The number of rotatable bonds is 7. The molecule has 0 amide bonds. The minimum Gasteiger partial charge on any atom is -0.492 e. The van der Waals surface area contributed by atoms with E-state index in [0.29, 0.717) is 6.04 Å². The summed E-state index contributed by atoms with van der Waals surface area (Å²) in [5.74, 6) is 0.968. The standard InChI is InChI=1S/C18H30N2O/c1-4-9-16-14-20(18(3,5-2)15-19-16)12-13-21-17-10-7-6-8-11-17/h6-8,10-11,16,19H,4-5,9,12-15H2,1-3H3. The van der Waals surface area contributed by atoms with Gasteiger partial charge in [-0.25, -0.2) is 0 Å². The van der Waals surface area contributed by atoms with Gasteiger partial charge in [-0.3, -0.25) is 4.90 Å². The van der Waals surface area contributed by atoms with E-state index in [1.807, 2.05) is 30.3 Å².